The standard InChI is InChI=1S/C7H11ClN4O/c8-6-5(9)7(12-4-11-6)10-2-1-3-13/h4,13H,1-3,9H2,(H,10,11,12). The number of halogens is 1. The summed E-state index contributed by atoms with van der Waals surface area (Å²) in [6.45, 7) is 0.736. The van der Waals surface area contributed by atoms with Gasteiger partial charge in [0, 0.05) is 13.2 Å². The fourth-order valence-electron chi connectivity index (χ4n) is 0.801. The molecule has 0 bridgehead atoms. The van der Waals surface area contributed by atoms with Gasteiger partial charge in [0.25, 0.3) is 0 Å². The van der Waals surface area contributed by atoms with Crippen molar-refractivity contribution < 1.29 is 5.11 Å². The molecule has 5 nitrogen and oxygen atoms in total. The van der Waals surface area contributed by atoms with Crippen molar-refractivity contribution in [2.75, 3.05) is 24.2 Å². The van der Waals surface area contributed by atoms with Crippen LogP contribution in [0.5, 0.6) is 0 Å². The summed E-state index contributed by atoms with van der Waals surface area (Å²) in [5, 5.41) is 11.7. The zero-order chi connectivity index (χ0) is 9.68. The highest BCUT2D eigenvalue weighted by atomic mass is 35.5. The number of nitrogens with two attached hydrogens (primary N) is 1. The Balaban J connectivity index is 2.61. The molecule has 0 aliphatic heterocycles. The van der Waals surface area contributed by atoms with Gasteiger partial charge in [-0.1, -0.05) is 11.6 Å². The Bertz CT molecular complexity index is 281. The molecule has 6 heteroatoms. The van der Waals surface area contributed by atoms with Gasteiger partial charge < -0.3 is 16.2 Å². The molecule has 72 valence electrons. The van der Waals surface area contributed by atoms with E-state index in [0.29, 0.717) is 24.5 Å². The van der Waals surface area contributed by atoms with Crippen LogP contribution in [0.2, 0.25) is 5.15 Å². The van der Waals surface area contributed by atoms with Gasteiger partial charge in [0.15, 0.2) is 11.0 Å². The largest absolute Gasteiger partial charge is 0.396 e. The molecule has 1 aromatic rings. The second-order valence-electron chi connectivity index (χ2n) is 2.43. The van der Waals surface area contributed by atoms with Crippen LogP contribution in [0.3, 0.4) is 0 Å². The van der Waals surface area contributed by atoms with Gasteiger partial charge in [0.1, 0.15) is 12.0 Å². The molecule has 0 fully saturated rings. The molecular weight excluding hydrogens is 192 g/mol. The van der Waals surface area contributed by atoms with Gasteiger partial charge in [-0.25, -0.2) is 9.97 Å². The predicted molar refractivity (Wildman–Crippen MR) is 51.6 cm³/mol. The fraction of sp³-hybridized carbons (Fsp3) is 0.429. The number of aliphatic hydroxyl groups is 1. The van der Waals surface area contributed by atoms with Gasteiger partial charge in [0.2, 0.25) is 0 Å². The molecule has 0 aromatic carbocycles. The molecule has 0 radical (unpaired) electrons. The van der Waals surface area contributed by atoms with Gasteiger partial charge in [-0.2, -0.15) is 0 Å². The van der Waals surface area contributed by atoms with Crippen molar-refractivity contribution in [3.05, 3.63) is 11.5 Å². The molecule has 0 saturated carbocycles. The van der Waals surface area contributed by atoms with Crippen LogP contribution in [-0.4, -0.2) is 28.2 Å². The number of hydrogen-bond donors (Lipinski definition) is 3. The highest BCUT2D eigenvalue weighted by Crippen LogP contribution is 2.21. The van der Waals surface area contributed by atoms with Crippen molar-refractivity contribution in [1.82, 2.24) is 9.97 Å². The van der Waals surface area contributed by atoms with Crippen molar-refractivity contribution >= 4 is 23.1 Å². The summed E-state index contributed by atoms with van der Waals surface area (Å²) in [7, 11) is 0. The van der Waals surface area contributed by atoms with Crippen LogP contribution < -0.4 is 11.1 Å². The molecule has 1 aromatic heterocycles. The van der Waals surface area contributed by atoms with Gasteiger partial charge >= 0.3 is 0 Å². The highest BCUT2D eigenvalue weighted by Gasteiger charge is 2.03. The molecular formula is C7H11ClN4O. The number of aromatic nitrogens is 2. The van der Waals surface area contributed by atoms with E-state index in [4.69, 9.17) is 22.4 Å². The number of nitrogens with one attached hydrogen (secondary N) is 1. The van der Waals surface area contributed by atoms with Crippen LogP contribution in [0.15, 0.2) is 6.33 Å². The molecule has 0 saturated heterocycles. The van der Waals surface area contributed by atoms with Gasteiger partial charge in [0.05, 0.1) is 0 Å². The lowest BCUT2D eigenvalue weighted by Gasteiger charge is -2.06. The maximum atomic E-state index is 8.54. The summed E-state index contributed by atoms with van der Waals surface area (Å²) in [5.41, 5.74) is 5.92. The van der Waals surface area contributed by atoms with Gasteiger partial charge in [-0.3, -0.25) is 0 Å². The quantitative estimate of drug-likeness (QED) is 0.489. The lowest BCUT2D eigenvalue weighted by molar-refractivity contribution is 0.292. The minimum Gasteiger partial charge on any atom is -0.396 e. The molecule has 0 amide bonds. The van der Waals surface area contributed by atoms with Gasteiger partial charge in [-0.05, 0) is 6.42 Å². The maximum absolute atomic E-state index is 8.54. The number of hydrogen-bond acceptors (Lipinski definition) is 5. The molecule has 0 atom stereocenters. The maximum Gasteiger partial charge on any atom is 0.157 e. The minimum atomic E-state index is 0.131. The van der Waals surface area contributed by atoms with Crippen LogP contribution in [0.25, 0.3) is 0 Å². The second-order valence-corrected chi connectivity index (χ2v) is 2.79. The molecule has 1 heterocycles. The number of anilines is 2. The average Bonchev–Trinajstić information content (AvgIpc) is 2.13. The molecule has 0 aliphatic carbocycles. The summed E-state index contributed by atoms with van der Waals surface area (Å²) in [6.07, 6.45) is 1.97. The molecule has 13 heavy (non-hydrogen) atoms. The first-order valence-corrected chi connectivity index (χ1v) is 4.24. The van der Waals surface area contributed by atoms with E-state index in [1.165, 1.54) is 6.33 Å². The first kappa shape index (κ1) is 10.0. The smallest absolute Gasteiger partial charge is 0.157 e. The van der Waals surface area contributed by atoms with E-state index in [2.05, 4.69) is 15.3 Å². The van der Waals surface area contributed by atoms with Crippen molar-refractivity contribution in [3.63, 3.8) is 0 Å². The third kappa shape index (κ3) is 2.71. The van der Waals surface area contributed by atoms with Crippen LogP contribution in [0.4, 0.5) is 11.5 Å². The summed E-state index contributed by atoms with van der Waals surface area (Å²) in [4.78, 5) is 7.61. The Morgan fingerprint density at radius 1 is 1.54 bits per heavy atom. The first-order chi connectivity index (χ1) is 6.25. The van der Waals surface area contributed by atoms with E-state index in [-0.39, 0.29) is 11.8 Å². The summed E-state index contributed by atoms with van der Waals surface area (Å²) < 4.78 is 0. The monoisotopic (exact) mass is 202 g/mol. The first-order valence-electron chi connectivity index (χ1n) is 3.86. The second kappa shape index (κ2) is 4.84. The molecule has 0 aliphatic rings. The fourth-order valence-corrected chi connectivity index (χ4v) is 0.934. The number of aliphatic hydroxyl groups excluding tert-OH is 1. The van der Waals surface area contributed by atoms with E-state index in [1.54, 1.807) is 0 Å². The van der Waals surface area contributed by atoms with Crippen molar-refractivity contribution in [2.24, 2.45) is 0 Å². The Morgan fingerprint density at radius 3 is 3.00 bits per heavy atom. The number of nitrogens with zero attached hydrogens (tertiary/aromatic N) is 2. The Morgan fingerprint density at radius 2 is 2.31 bits per heavy atom. The Kier molecular flexibility index (Phi) is 3.72. The summed E-state index contributed by atoms with van der Waals surface area (Å²) >= 11 is 5.66. The molecule has 4 N–H and O–H groups in total. The highest BCUT2D eigenvalue weighted by molar-refractivity contribution is 6.32. The lowest BCUT2D eigenvalue weighted by atomic mass is 10.4. The van der Waals surface area contributed by atoms with Crippen LogP contribution >= 0.6 is 11.6 Å². The van der Waals surface area contributed by atoms with Crippen LogP contribution in [0, 0.1) is 0 Å². The SMILES string of the molecule is Nc1c(Cl)ncnc1NCCCO. The average molecular weight is 203 g/mol. The minimum absolute atomic E-state index is 0.131. The zero-order valence-corrected chi connectivity index (χ0v) is 7.75. The van der Waals surface area contributed by atoms with E-state index in [1.807, 2.05) is 0 Å². The van der Waals surface area contributed by atoms with E-state index < -0.39 is 0 Å². The van der Waals surface area contributed by atoms with Crippen LogP contribution in [-0.2, 0) is 0 Å². The van der Waals surface area contributed by atoms with E-state index >= 15 is 0 Å². The lowest BCUT2D eigenvalue weighted by Crippen LogP contribution is -2.08. The predicted octanol–water partition coefficient (Wildman–Crippen LogP) is 0.506. The third-order valence-corrected chi connectivity index (χ3v) is 1.76. The topological polar surface area (TPSA) is 84.1 Å². The third-order valence-electron chi connectivity index (χ3n) is 1.46. The number of rotatable bonds is 4. The Hall–Kier alpha value is -1.07. The molecule has 0 unspecified atom stereocenters. The molecule has 0 spiro atoms. The van der Waals surface area contributed by atoms with Gasteiger partial charge in [-0.15, -0.1) is 0 Å². The molecule has 1 rings (SSSR count). The number of nitrogen functional groups attached to an aromatic ring is 1. The summed E-state index contributed by atoms with van der Waals surface area (Å²) in [6, 6.07) is 0. The van der Waals surface area contributed by atoms with E-state index in [9.17, 15) is 0 Å². The van der Waals surface area contributed by atoms with Crippen molar-refractivity contribution in [1.29, 1.82) is 0 Å². The zero-order valence-electron chi connectivity index (χ0n) is 7.00. The summed E-state index contributed by atoms with van der Waals surface area (Å²) in [5.74, 6) is 0.508. The van der Waals surface area contributed by atoms with Crippen LogP contribution in [0.1, 0.15) is 6.42 Å². The van der Waals surface area contributed by atoms with Crippen molar-refractivity contribution in [2.45, 2.75) is 6.42 Å². The Labute approximate surface area is 81.0 Å². The normalized spacial score (nSPS) is 10.0. The van der Waals surface area contributed by atoms with E-state index in [0.717, 1.165) is 0 Å². The van der Waals surface area contributed by atoms with Crippen molar-refractivity contribution in [3.8, 4) is 0 Å².